The average molecular weight is 364 g/mol. The molecule has 0 radical (unpaired) electrons. The first-order valence-electron chi connectivity index (χ1n) is 9.74. The fourth-order valence-corrected chi connectivity index (χ4v) is 3.79. The molecular formula is C23H26NO3+. The van der Waals surface area contributed by atoms with E-state index >= 15 is 0 Å². The Morgan fingerprint density at radius 1 is 1.11 bits per heavy atom. The number of quaternary nitrogens is 1. The van der Waals surface area contributed by atoms with Crippen molar-refractivity contribution in [1.29, 1.82) is 0 Å². The van der Waals surface area contributed by atoms with E-state index in [1.54, 1.807) is 6.07 Å². The molecule has 27 heavy (non-hydrogen) atoms. The van der Waals surface area contributed by atoms with Gasteiger partial charge >= 0.3 is 5.63 Å². The molecule has 1 unspecified atom stereocenters. The number of hydrogen-bond donors (Lipinski definition) is 1. The Kier molecular flexibility index (Phi) is 4.99. The van der Waals surface area contributed by atoms with Crippen molar-refractivity contribution in [2.45, 2.75) is 46.2 Å². The molecule has 3 aromatic rings. The highest BCUT2D eigenvalue weighted by molar-refractivity contribution is 5.85. The molecule has 0 amide bonds. The zero-order chi connectivity index (χ0) is 18.8. The predicted molar refractivity (Wildman–Crippen MR) is 106 cm³/mol. The van der Waals surface area contributed by atoms with Gasteiger partial charge in [0.05, 0.1) is 5.56 Å². The second kappa shape index (κ2) is 7.57. The summed E-state index contributed by atoms with van der Waals surface area (Å²) in [5.41, 5.74) is 5.07. The van der Waals surface area contributed by atoms with Crippen molar-refractivity contribution in [3.05, 3.63) is 75.1 Å². The maximum atomic E-state index is 12.1. The van der Waals surface area contributed by atoms with Crippen molar-refractivity contribution in [2.75, 3.05) is 6.73 Å². The maximum absolute atomic E-state index is 12.1. The summed E-state index contributed by atoms with van der Waals surface area (Å²) >= 11 is 0. The van der Waals surface area contributed by atoms with Gasteiger partial charge in [-0.1, -0.05) is 43.2 Å². The summed E-state index contributed by atoms with van der Waals surface area (Å²) in [5, 5.41) is 1.04. The lowest BCUT2D eigenvalue weighted by Crippen LogP contribution is -3.10. The van der Waals surface area contributed by atoms with E-state index in [9.17, 15) is 4.79 Å². The third-order valence-corrected chi connectivity index (χ3v) is 5.29. The summed E-state index contributed by atoms with van der Waals surface area (Å²) < 4.78 is 11.6. The first-order chi connectivity index (χ1) is 13.1. The minimum absolute atomic E-state index is 0.271. The summed E-state index contributed by atoms with van der Waals surface area (Å²) in [6, 6.07) is 14.3. The monoisotopic (exact) mass is 364 g/mol. The Bertz CT molecular complexity index is 1000. The number of unbranched alkanes of at least 4 members (excludes halogenated alkanes) is 1. The summed E-state index contributed by atoms with van der Waals surface area (Å²) in [4.78, 5) is 13.4. The lowest BCUT2D eigenvalue weighted by Gasteiger charge is -2.26. The fourth-order valence-electron chi connectivity index (χ4n) is 3.79. The molecule has 0 spiro atoms. The summed E-state index contributed by atoms with van der Waals surface area (Å²) in [6.07, 6.45) is 3.07. The zero-order valence-electron chi connectivity index (χ0n) is 16.0. The van der Waals surface area contributed by atoms with E-state index in [0.29, 0.717) is 12.3 Å². The Hall–Kier alpha value is -2.59. The van der Waals surface area contributed by atoms with E-state index in [2.05, 4.69) is 38.1 Å². The van der Waals surface area contributed by atoms with Crippen LogP contribution in [-0.4, -0.2) is 6.73 Å². The number of aryl methyl sites for hydroxylation is 2. The first-order valence-corrected chi connectivity index (χ1v) is 9.74. The molecule has 2 aromatic carbocycles. The van der Waals surface area contributed by atoms with E-state index in [4.69, 9.17) is 9.15 Å². The molecule has 4 heteroatoms. The molecule has 0 saturated heterocycles. The van der Waals surface area contributed by atoms with Crippen LogP contribution in [0.15, 0.2) is 51.7 Å². The molecule has 4 rings (SSSR count). The second-order valence-electron chi connectivity index (χ2n) is 7.49. The van der Waals surface area contributed by atoms with Gasteiger partial charge in [0.25, 0.3) is 0 Å². The van der Waals surface area contributed by atoms with Gasteiger partial charge in [0.2, 0.25) is 6.73 Å². The molecular weight excluding hydrogens is 338 g/mol. The van der Waals surface area contributed by atoms with Crippen LogP contribution in [0.25, 0.3) is 11.0 Å². The molecule has 1 aliphatic heterocycles. The van der Waals surface area contributed by atoms with Crippen LogP contribution < -0.4 is 15.3 Å². The van der Waals surface area contributed by atoms with Crippen LogP contribution in [0.4, 0.5) is 0 Å². The minimum Gasteiger partial charge on any atom is -0.445 e. The number of benzene rings is 2. The normalized spacial score (nSPS) is 16.1. The van der Waals surface area contributed by atoms with Crippen LogP contribution in [0.3, 0.4) is 0 Å². The highest BCUT2D eigenvalue weighted by Gasteiger charge is 2.25. The van der Waals surface area contributed by atoms with E-state index in [1.165, 1.54) is 16.0 Å². The van der Waals surface area contributed by atoms with Crippen molar-refractivity contribution in [2.24, 2.45) is 0 Å². The van der Waals surface area contributed by atoms with Gasteiger partial charge in [0, 0.05) is 17.0 Å². The molecule has 1 N–H and O–H groups in total. The third-order valence-electron chi connectivity index (χ3n) is 5.29. The van der Waals surface area contributed by atoms with Crippen LogP contribution in [0, 0.1) is 6.92 Å². The Balaban J connectivity index is 1.67. The average Bonchev–Trinajstić information content (AvgIpc) is 2.67. The predicted octanol–water partition coefficient (Wildman–Crippen LogP) is 3.38. The number of rotatable bonds is 5. The highest BCUT2D eigenvalue weighted by Crippen LogP contribution is 2.30. The fraction of sp³-hybridized carbons (Fsp3) is 0.348. The molecule has 2 heterocycles. The Labute approximate surface area is 159 Å². The van der Waals surface area contributed by atoms with Gasteiger partial charge in [-0.3, -0.25) is 4.90 Å². The Morgan fingerprint density at radius 3 is 2.70 bits per heavy atom. The molecule has 1 aliphatic rings. The molecule has 0 aliphatic carbocycles. The lowest BCUT2D eigenvalue weighted by atomic mass is 10.0. The summed E-state index contributed by atoms with van der Waals surface area (Å²) in [6.45, 7) is 6.56. The summed E-state index contributed by atoms with van der Waals surface area (Å²) in [5.74, 6) is 0.839. The molecule has 4 nitrogen and oxygen atoms in total. The largest absolute Gasteiger partial charge is 0.445 e. The molecule has 0 bridgehead atoms. The number of fused-ring (bicyclic) bond motifs is 3. The Morgan fingerprint density at radius 2 is 1.93 bits per heavy atom. The van der Waals surface area contributed by atoms with Gasteiger partial charge in [-0.2, -0.15) is 0 Å². The van der Waals surface area contributed by atoms with E-state index < -0.39 is 0 Å². The van der Waals surface area contributed by atoms with Crippen molar-refractivity contribution in [3.8, 4) is 5.75 Å². The summed E-state index contributed by atoms with van der Waals surface area (Å²) in [7, 11) is 0. The van der Waals surface area contributed by atoms with Crippen molar-refractivity contribution in [1.82, 2.24) is 0 Å². The van der Waals surface area contributed by atoms with Gasteiger partial charge in [-0.05, 0) is 37.5 Å². The SMILES string of the molecule is CCCCc1cc(=O)oc2c3c(ccc12)OC[NH+](Cc1ccc(C)cc1)C3. The smallest absolute Gasteiger partial charge is 0.336 e. The quantitative estimate of drug-likeness (QED) is 0.706. The van der Waals surface area contributed by atoms with Gasteiger partial charge < -0.3 is 9.15 Å². The zero-order valence-corrected chi connectivity index (χ0v) is 16.0. The minimum atomic E-state index is -0.271. The van der Waals surface area contributed by atoms with E-state index in [-0.39, 0.29) is 5.63 Å². The van der Waals surface area contributed by atoms with E-state index in [0.717, 1.165) is 54.6 Å². The lowest BCUT2D eigenvalue weighted by molar-refractivity contribution is -0.945. The molecule has 1 atom stereocenters. The maximum Gasteiger partial charge on any atom is 0.336 e. The third kappa shape index (κ3) is 3.76. The van der Waals surface area contributed by atoms with Crippen LogP contribution in [0.2, 0.25) is 0 Å². The van der Waals surface area contributed by atoms with Gasteiger partial charge in [-0.25, -0.2) is 4.79 Å². The number of nitrogens with one attached hydrogen (secondary N) is 1. The van der Waals surface area contributed by atoms with Gasteiger partial charge in [0.15, 0.2) is 5.58 Å². The van der Waals surface area contributed by atoms with Crippen LogP contribution in [0.5, 0.6) is 5.75 Å². The molecule has 1 aromatic heterocycles. The second-order valence-corrected chi connectivity index (χ2v) is 7.49. The number of hydrogen-bond acceptors (Lipinski definition) is 3. The highest BCUT2D eigenvalue weighted by atomic mass is 16.5. The van der Waals surface area contributed by atoms with Crippen molar-refractivity contribution >= 4 is 11.0 Å². The van der Waals surface area contributed by atoms with Gasteiger partial charge in [0.1, 0.15) is 18.8 Å². The van der Waals surface area contributed by atoms with E-state index in [1.807, 2.05) is 12.1 Å². The molecule has 0 saturated carbocycles. The van der Waals surface area contributed by atoms with Crippen LogP contribution in [-0.2, 0) is 19.5 Å². The topological polar surface area (TPSA) is 43.9 Å². The van der Waals surface area contributed by atoms with Crippen LogP contribution in [0.1, 0.15) is 42.0 Å². The molecule has 140 valence electrons. The number of ether oxygens (including phenoxy) is 1. The van der Waals surface area contributed by atoms with Crippen molar-refractivity contribution in [3.63, 3.8) is 0 Å². The van der Waals surface area contributed by atoms with Gasteiger partial charge in [-0.15, -0.1) is 0 Å². The molecule has 0 fully saturated rings. The first kappa shape index (κ1) is 17.8. The standard InChI is InChI=1S/C23H25NO3/c1-3-4-5-18-12-22(25)27-23-19(18)10-11-21-20(23)14-24(15-26-21)13-17-8-6-16(2)7-9-17/h6-12H,3-5,13-15H2,1-2H3/p+1. The van der Waals surface area contributed by atoms with Crippen LogP contribution >= 0.6 is 0 Å². The van der Waals surface area contributed by atoms with Crippen molar-refractivity contribution < 1.29 is 14.1 Å².